The lowest BCUT2D eigenvalue weighted by atomic mass is 9.87. The first-order valence-corrected chi connectivity index (χ1v) is 8.25. The first-order chi connectivity index (χ1) is 11.9. The average molecular weight is 339 g/mol. The molecule has 0 fully saturated rings. The molecular weight excluding hydrogens is 314 g/mol. The van der Waals surface area contributed by atoms with E-state index in [9.17, 15) is 4.79 Å². The van der Waals surface area contributed by atoms with E-state index in [0.717, 1.165) is 0 Å². The Kier molecular flexibility index (Phi) is 6.23. The minimum absolute atomic E-state index is 0.0490. The molecule has 0 aliphatic rings. The highest BCUT2D eigenvalue weighted by atomic mass is 16.5. The van der Waals surface area contributed by atoms with E-state index in [1.807, 2.05) is 36.4 Å². The maximum Gasteiger partial charge on any atom is 0.262 e. The molecule has 0 atom stereocenters. The molecule has 0 radical (unpaired) electrons. The summed E-state index contributed by atoms with van der Waals surface area (Å²) in [5.41, 5.74) is 1.98. The topological polar surface area (TPSA) is 47.6 Å². The summed E-state index contributed by atoms with van der Waals surface area (Å²) in [4.78, 5) is 12.0. The maximum absolute atomic E-state index is 12.0. The molecule has 2 aromatic rings. The Hall–Kier alpha value is -2.75. The molecule has 0 spiro atoms. The van der Waals surface area contributed by atoms with E-state index < -0.39 is 0 Å². The highest BCUT2D eigenvalue weighted by molar-refractivity contribution is 5.92. The molecule has 0 aromatic heterocycles. The van der Waals surface area contributed by atoms with Gasteiger partial charge < -0.3 is 14.8 Å². The second-order valence-electron chi connectivity index (χ2n) is 6.74. The van der Waals surface area contributed by atoms with Crippen molar-refractivity contribution in [1.82, 2.24) is 0 Å². The number of carbonyl (C=O) groups excluding carboxylic acids is 1. The molecule has 0 heterocycles. The summed E-state index contributed by atoms with van der Waals surface area (Å²) in [6, 6.07) is 15.0. The number of carbonyl (C=O) groups is 1. The van der Waals surface area contributed by atoms with E-state index in [-0.39, 0.29) is 17.9 Å². The van der Waals surface area contributed by atoms with Gasteiger partial charge in [0, 0.05) is 11.8 Å². The SMILES string of the molecule is C=CCOc1cccc(NC(=O)COc2ccc(C(C)(C)C)cc2)c1. The molecule has 2 aromatic carbocycles. The number of hydrogen-bond donors (Lipinski definition) is 1. The van der Waals surface area contributed by atoms with E-state index in [1.54, 1.807) is 18.2 Å². The highest BCUT2D eigenvalue weighted by Gasteiger charge is 2.13. The number of nitrogens with one attached hydrogen (secondary N) is 1. The van der Waals surface area contributed by atoms with Crippen molar-refractivity contribution in [2.75, 3.05) is 18.5 Å². The Balaban J connectivity index is 1.87. The predicted molar refractivity (Wildman–Crippen MR) is 101 cm³/mol. The van der Waals surface area contributed by atoms with Crippen LogP contribution in [0.5, 0.6) is 11.5 Å². The summed E-state index contributed by atoms with van der Waals surface area (Å²) in [6.07, 6.45) is 1.67. The molecule has 4 heteroatoms. The lowest BCUT2D eigenvalue weighted by Gasteiger charge is -2.19. The van der Waals surface area contributed by atoms with Gasteiger partial charge in [0.1, 0.15) is 18.1 Å². The van der Waals surface area contributed by atoms with E-state index in [0.29, 0.717) is 23.8 Å². The monoisotopic (exact) mass is 339 g/mol. The van der Waals surface area contributed by atoms with Crippen molar-refractivity contribution in [3.8, 4) is 11.5 Å². The molecule has 132 valence electrons. The predicted octanol–water partition coefficient (Wildman–Crippen LogP) is 4.57. The fraction of sp³-hybridized carbons (Fsp3) is 0.286. The second-order valence-corrected chi connectivity index (χ2v) is 6.74. The van der Waals surface area contributed by atoms with E-state index in [1.165, 1.54) is 5.56 Å². The van der Waals surface area contributed by atoms with Crippen LogP contribution >= 0.6 is 0 Å². The smallest absolute Gasteiger partial charge is 0.262 e. The van der Waals surface area contributed by atoms with Crippen LogP contribution in [-0.2, 0) is 10.2 Å². The number of anilines is 1. The molecule has 0 saturated carbocycles. The van der Waals surface area contributed by atoms with E-state index in [2.05, 4.69) is 32.7 Å². The summed E-state index contributed by atoms with van der Waals surface area (Å²) in [5.74, 6) is 1.13. The molecule has 0 unspecified atom stereocenters. The van der Waals surface area contributed by atoms with Crippen molar-refractivity contribution in [3.05, 3.63) is 66.7 Å². The number of ether oxygens (including phenoxy) is 2. The van der Waals surface area contributed by atoms with Crippen molar-refractivity contribution in [2.45, 2.75) is 26.2 Å². The molecule has 0 saturated heterocycles. The summed E-state index contributed by atoms with van der Waals surface area (Å²) < 4.78 is 11.0. The third-order valence-corrected chi connectivity index (χ3v) is 3.58. The number of hydrogen-bond acceptors (Lipinski definition) is 3. The largest absolute Gasteiger partial charge is 0.489 e. The molecule has 0 bridgehead atoms. The van der Waals surface area contributed by atoms with Crippen molar-refractivity contribution in [2.24, 2.45) is 0 Å². The zero-order valence-electron chi connectivity index (χ0n) is 15.0. The minimum Gasteiger partial charge on any atom is -0.489 e. The average Bonchev–Trinajstić information content (AvgIpc) is 2.58. The Labute approximate surface area is 149 Å². The minimum atomic E-state index is -0.222. The van der Waals surface area contributed by atoms with Crippen LogP contribution in [0.15, 0.2) is 61.2 Å². The van der Waals surface area contributed by atoms with Gasteiger partial charge in [-0.1, -0.05) is 51.6 Å². The Morgan fingerprint density at radius 3 is 2.44 bits per heavy atom. The number of rotatable bonds is 7. The molecule has 1 N–H and O–H groups in total. The molecule has 0 aliphatic heterocycles. The summed E-state index contributed by atoms with van der Waals surface area (Å²) in [7, 11) is 0. The fourth-order valence-electron chi connectivity index (χ4n) is 2.22. The van der Waals surface area contributed by atoms with Gasteiger partial charge in [0.05, 0.1) is 0 Å². The first kappa shape index (κ1) is 18.6. The third-order valence-electron chi connectivity index (χ3n) is 3.58. The van der Waals surface area contributed by atoms with Gasteiger partial charge in [-0.15, -0.1) is 0 Å². The Bertz CT molecular complexity index is 715. The summed E-state index contributed by atoms with van der Waals surface area (Å²) >= 11 is 0. The van der Waals surface area contributed by atoms with Gasteiger partial charge >= 0.3 is 0 Å². The van der Waals surface area contributed by atoms with Crippen LogP contribution < -0.4 is 14.8 Å². The molecule has 1 amide bonds. The van der Waals surface area contributed by atoms with Crippen LogP contribution in [0.25, 0.3) is 0 Å². The molecular formula is C21H25NO3. The number of amides is 1. The highest BCUT2D eigenvalue weighted by Crippen LogP contribution is 2.24. The summed E-state index contributed by atoms with van der Waals surface area (Å²) in [5, 5.41) is 2.79. The van der Waals surface area contributed by atoms with Gasteiger partial charge in [-0.3, -0.25) is 4.79 Å². The molecule has 2 rings (SSSR count). The zero-order chi connectivity index (χ0) is 18.3. The molecule has 25 heavy (non-hydrogen) atoms. The third kappa shape index (κ3) is 5.99. The van der Waals surface area contributed by atoms with Gasteiger partial charge in [0.2, 0.25) is 0 Å². The van der Waals surface area contributed by atoms with Crippen molar-refractivity contribution in [3.63, 3.8) is 0 Å². The van der Waals surface area contributed by atoms with Gasteiger partial charge in [-0.05, 0) is 35.2 Å². The van der Waals surface area contributed by atoms with Gasteiger partial charge in [-0.2, -0.15) is 0 Å². The lowest BCUT2D eigenvalue weighted by Crippen LogP contribution is -2.20. The van der Waals surface area contributed by atoms with Gasteiger partial charge in [-0.25, -0.2) is 0 Å². The van der Waals surface area contributed by atoms with Crippen molar-refractivity contribution in [1.29, 1.82) is 0 Å². The van der Waals surface area contributed by atoms with Gasteiger partial charge in [0.15, 0.2) is 6.61 Å². The lowest BCUT2D eigenvalue weighted by molar-refractivity contribution is -0.118. The molecule has 4 nitrogen and oxygen atoms in total. The van der Waals surface area contributed by atoms with Gasteiger partial charge in [0.25, 0.3) is 5.91 Å². The first-order valence-electron chi connectivity index (χ1n) is 8.25. The van der Waals surface area contributed by atoms with Crippen molar-refractivity contribution < 1.29 is 14.3 Å². The normalized spacial score (nSPS) is 10.8. The second kappa shape index (κ2) is 8.38. The standard InChI is InChI=1S/C21H25NO3/c1-5-13-24-19-8-6-7-17(14-19)22-20(23)15-25-18-11-9-16(10-12-18)21(2,3)4/h5-12,14H,1,13,15H2,2-4H3,(H,22,23). The van der Waals surface area contributed by atoms with Crippen LogP contribution in [-0.4, -0.2) is 19.1 Å². The van der Waals surface area contributed by atoms with Crippen LogP contribution in [0, 0.1) is 0 Å². The van der Waals surface area contributed by atoms with E-state index in [4.69, 9.17) is 9.47 Å². The van der Waals surface area contributed by atoms with Crippen LogP contribution in [0.4, 0.5) is 5.69 Å². The van der Waals surface area contributed by atoms with Crippen LogP contribution in [0.3, 0.4) is 0 Å². The maximum atomic E-state index is 12.0. The molecule has 0 aliphatic carbocycles. The Morgan fingerprint density at radius 2 is 1.80 bits per heavy atom. The van der Waals surface area contributed by atoms with Crippen LogP contribution in [0.1, 0.15) is 26.3 Å². The quantitative estimate of drug-likeness (QED) is 0.752. The summed E-state index contributed by atoms with van der Waals surface area (Å²) in [6.45, 7) is 10.4. The van der Waals surface area contributed by atoms with Crippen LogP contribution in [0.2, 0.25) is 0 Å². The van der Waals surface area contributed by atoms with E-state index >= 15 is 0 Å². The zero-order valence-corrected chi connectivity index (χ0v) is 15.0. The number of benzene rings is 2. The fourth-order valence-corrected chi connectivity index (χ4v) is 2.22. The Morgan fingerprint density at radius 1 is 1.08 bits per heavy atom. The van der Waals surface area contributed by atoms with Crippen molar-refractivity contribution >= 4 is 11.6 Å².